The second-order valence-electron chi connectivity index (χ2n) is 7.26. The molecule has 0 bridgehead atoms. The largest absolute Gasteiger partial charge is 0.496 e. The number of anilines is 1. The number of halogens is 4. The molecule has 0 spiro atoms. The molecule has 1 aromatic heterocycles. The van der Waals surface area contributed by atoms with Crippen LogP contribution in [-0.2, 0) is 6.18 Å². The molecule has 35 heavy (non-hydrogen) atoms. The van der Waals surface area contributed by atoms with Crippen molar-refractivity contribution in [2.75, 3.05) is 19.5 Å². The summed E-state index contributed by atoms with van der Waals surface area (Å²) >= 11 is 0. The first-order valence-corrected chi connectivity index (χ1v) is 10.1. The first-order chi connectivity index (χ1) is 16.7. The highest BCUT2D eigenvalue weighted by atomic mass is 19.4. The number of carbonyl (C=O) groups is 1. The lowest BCUT2D eigenvalue weighted by Gasteiger charge is -2.14. The SMILES string of the molecule is COc1nc(-c2ccc(F)cc2)n(-c2cccc(NC(=O)c3ccc(OC)c(C(F)(F)F)c3)c2)n1. The molecule has 0 radical (unpaired) electrons. The van der Waals surface area contributed by atoms with Gasteiger partial charge in [0.15, 0.2) is 5.82 Å². The Morgan fingerprint density at radius 1 is 0.971 bits per heavy atom. The third-order valence-electron chi connectivity index (χ3n) is 4.99. The van der Waals surface area contributed by atoms with E-state index >= 15 is 0 Å². The quantitative estimate of drug-likeness (QED) is 0.371. The summed E-state index contributed by atoms with van der Waals surface area (Å²) in [5.41, 5.74) is 0.0904. The topological polar surface area (TPSA) is 78.3 Å². The average Bonchev–Trinajstić information content (AvgIpc) is 3.28. The van der Waals surface area contributed by atoms with Crippen molar-refractivity contribution in [1.82, 2.24) is 14.8 Å². The van der Waals surface area contributed by atoms with Gasteiger partial charge in [-0.05, 0) is 60.7 Å². The zero-order valence-electron chi connectivity index (χ0n) is 18.4. The summed E-state index contributed by atoms with van der Waals surface area (Å²) in [7, 11) is 2.52. The van der Waals surface area contributed by atoms with E-state index in [4.69, 9.17) is 9.47 Å². The lowest BCUT2D eigenvalue weighted by Crippen LogP contribution is -2.15. The Morgan fingerprint density at radius 2 is 1.71 bits per heavy atom. The Hall–Kier alpha value is -4.41. The number of hydrogen-bond donors (Lipinski definition) is 1. The lowest BCUT2D eigenvalue weighted by atomic mass is 10.1. The van der Waals surface area contributed by atoms with Crippen molar-refractivity contribution in [2.45, 2.75) is 6.18 Å². The molecule has 0 unspecified atom stereocenters. The van der Waals surface area contributed by atoms with Crippen LogP contribution in [0.15, 0.2) is 66.7 Å². The molecular weight excluding hydrogens is 468 g/mol. The second-order valence-corrected chi connectivity index (χ2v) is 7.26. The highest BCUT2D eigenvalue weighted by molar-refractivity contribution is 6.04. The van der Waals surface area contributed by atoms with Crippen molar-refractivity contribution < 1.29 is 31.8 Å². The van der Waals surface area contributed by atoms with Gasteiger partial charge >= 0.3 is 12.2 Å². The molecule has 4 rings (SSSR count). The summed E-state index contributed by atoms with van der Waals surface area (Å²) in [6, 6.07) is 15.2. The normalized spacial score (nSPS) is 11.3. The van der Waals surface area contributed by atoms with Gasteiger partial charge in [-0.3, -0.25) is 4.79 Å². The molecule has 4 aromatic rings. The highest BCUT2D eigenvalue weighted by Gasteiger charge is 2.35. The van der Waals surface area contributed by atoms with Crippen LogP contribution < -0.4 is 14.8 Å². The first-order valence-electron chi connectivity index (χ1n) is 10.1. The van der Waals surface area contributed by atoms with E-state index in [1.54, 1.807) is 24.3 Å². The molecule has 1 heterocycles. The van der Waals surface area contributed by atoms with Gasteiger partial charge in [-0.1, -0.05) is 6.07 Å². The van der Waals surface area contributed by atoms with E-state index < -0.39 is 23.5 Å². The van der Waals surface area contributed by atoms with Crippen LogP contribution in [-0.4, -0.2) is 34.9 Å². The predicted molar refractivity (Wildman–Crippen MR) is 119 cm³/mol. The van der Waals surface area contributed by atoms with Crippen LogP contribution >= 0.6 is 0 Å². The minimum absolute atomic E-state index is 0.0664. The number of carbonyl (C=O) groups excluding carboxylic acids is 1. The monoisotopic (exact) mass is 486 g/mol. The fourth-order valence-corrected chi connectivity index (χ4v) is 3.33. The molecule has 180 valence electrons. The van der Waals surface area contributed by atoms with Gasteiger partial charge in [0.05, 0.1) is 25.5 Å². The fourth-order valence-electron chi connectivity index (χ4n) is 3.33. The van der Waals surface area contributed by atoms with Crippen molar-refractivity contribution in [1.29, 1.82) is 0 Å². The molecule has 0 aliphatic rings. The molecule has 0 saturated heterocycles. The molecule has 0 atom stereocenters. The van der Waals surface area contributed by atoms with Crippen molar-refractivity contribution in [2.24, 2.45) is 0 Å². The third kappa shape index (κ3) is 5.08. The molecular formula is C24H18F4N4O3. The number of alkyl halides is 3. The second kappa shape index (κ2) is 9.45. The minimum atomic E-state index is -4.69. The van der Waals surface area contributed by atoms with Crippen molar-refractivity contribution in [3.05, 3.63) is 83.7 Å². The number of amides is 1. The maximum atomic E-state index is 13.4. The van der Waals surface area contributed by atoms with Crippen LogP contribution in [0, 0.1) is 5.82 Å². The van der Waals surface area contributed by atoms with Crippen molar-refractivity contribution in [3.8, 4) is 28.8 Å². The number of aromatic nitrogens is 3. The van der Waals surface area contributed by atoms with Gasteiger partial charge in [0.2, 0.25) is 0 Å². The summed E-state index contributed by atoms with van der Waals surface area (Å²) < 4.78 is 64.6. The van der Waals surface area contributed by atoms with Gasteiger partial charge in [0.1, 0.15) is 11.6 Å². The lowest BCUT2D eigenvalue weighted by molar-refractivity contribution is -0.138. The molecule has 0 aliphatic carbocycles. The molecule has 3 aromatic carbocycles. The Balaban J connectivity index is 1.65. The fraction of sp³-hybridized carbons (Fsp3) is 0.125. The van der Waals surface area contributed by atoms with Crippen molar-refractivity contribution >= 4 is 11.6 Å². The van der Waals surface area contributed by atoms with Crippen LogP contribution in [0.4, 0.5) is 23.2 Å². The smallest absolute Gasteiger partial charge is 0.419 e. The Labute approximate surface area is 196 Å². The van der Waals surface area contributed by atoms with Gasteiger partial charge in [0.25, 0.3) is 5.91 Å². The standard InChI is InChI=1S/C24H18F4N4O3/c1-34-20-11-8-15(12-19(20)24(26,27)28)22(33)29-17-4-3-5-18(13-17)32-21(30-23(31-32)35-2)14-6-9-16(25)10-7-14/h3-13H,1-2H3,(H,29,33). The summed E-state index contributed by atoms with van der Waals surface area (Å²) in [6.45, 7) is 0. The van der Waals surface area contributed by atoms with Crippen LogP contribution in [0.5, 0.6) is 11.8 Å². The number of nitrogens with one attached hydrogen (secondary N) is 1. The Bertz CT molecular complexity index is 1370. The van der Waals surface area contributed by atoms with Gasteiger partial charge in [-0.25, -0.2) is 9.07 Å². The maximum absolute atomic E-state index is 13.4. The molecule has 0 aliphatic heterocycles. The third-order valence-corrected chi connectivity index (χ3v) is 4.99. The average molecular weight is 486 g/mol. The van der Waals surface area contributed by atoms with E-state index in [0.717, 1.165) is 19.2 Å². The van der Waals surface area contributed by atoms with E-state index in [0.29, 0.717) is 22.8 Å². The van der Waals surface area contributed by atoms with E-state index in [1.165, 1.54) is 42.1 Å². The van der Waals surface area contributed by atoms with Crippen LogP contribution in [0.3, 0.4) is 0 Å². The van der Waals surface area contributed by atoms with Crippen LogP contribution in [0.2, 0.25) is 0 Å². The number of benzene rings is 3. The molecule has 0 saturated carbocycles. The zero-order valence-corrected chi connectivity index (χ0v) is 18.4. The number of ether oxygens (including phenoxy) is 2. The summed E-state index contributed by atoms with van der Waals surface area (Å²) in [4.78, 5) is 17.0. The molecule has 11 heteroatoms. The summed E-state index contributed by atoms with van der Waals surface area (Å²) in [5, 5.41) is 6.85. The first kappa shape index (κ1) is 23.7. The molecule has 0 fully saturated rings. The summed E-state index contributed by atoms with van der Waals surface area (Å²) in [6.07, 6.45) is -4.69. The van der Waals surface area contributed by atoms with Crippen LogP contribution in [0.25, 0.3) is 17.1 Å². The number of hydrogen-bond acceptors (Lipinski definition) is 5. The van der Waals surface area contributed by atoms with Crippen molar-refractivity contribution in [3.63, 3.8) is 0 Å². The number of rotatable bonds is 6. The van der Waals surface area contributed by atoms with Gasteiger partial charge in [-0.2, -0.15) is 18.2 Å². The Morgan fingerprint density at radius 3 is 2.37 bits per heavy atom. The predicted octanol–water partition coefficient (Wildman–Crippen LogP) is 5.36. The van der Waals surface area contributed by atoms with Gasteiger partial charge in [0, 0.05) is 16.8 Å². The Kier molecular flexibility index (Phi) is 6.41. The van der Waals surface area contributed by atoms with E-state index in [-0.39, 0.29) is 17.3 Å². The summed E-state index contributed by atoms with van der Waals surface area (Å²) in [5.74, 6) is -1.19. The zero-order chi connectivity index (χ0) is 25.2. The molecule has 1 amide bonds. The van der Waals surface area contributed by atoms with E-state index in [2.05, 4.69) is 15.4 Å². The number of nitrogens with zero attached hydrogens (tertiary/aromatic N) is 3. The highest BCUT2D eigenvalue weighted by Crippen LogP contribution is 2.36. The molecule has 7 nitrogen and oxygen atoms in total. The maximum Gasteiger partial charge on any atom is 0.419 e. The molecule has 1 N–H and O–H groups in total. The van der Waals surface area contributed by atoms with Gasteiger partial charge < -0.3 is 14.8 Å². The minimum Gasteiger partial charge on any atom is -0.496 e. The number of methoxy groups -OCH3 is 2. The van der Waals surface area contributed by atoms with Gasteiger partial charge in [-0.15, -0.1) is 5.10 Å². The van der Waals surface area contributed by atoms with E-state index in [1.807, 2.05) is 0 Å². The van der Waals surface area contributed by atoms with Crippen LogP contribution in [0.1, 0.15) is 15.9 Å². The van der Waals surface area contributed by atoms with E-state index in [9.17, 15) is 22.4 Å².